The van der Waals surface area contributed by atoms with Gasteiger partial charge in [-0.2, -0.15) is 0 Å². The lowest BCUT2D eigenvalue weighted by Crippen LogP contribution is -2.27. The van der Waals surface area contributed by atoms with Crippen LogP contribution in [-0.4, -0.2) is 61.2 Å². The van der Waals surface area contributed by atoms with Gasteiger partial charge in [-0.25, -0.2) is 4.79 Å². The van der Waals surface area contributed by atoms with E-state index in [2.05, 4.69) is 5.32 Å². The van der Waals surface area contributed by atoms with Crippen molar-refractivity contribution >= 4 is 51.5 Å². The van der Waals surface area contributed by atoms with Gasteiger partial charge >= 0.3 is 17.9 Å². The van der Waals surface area contributed by atoms with E-state index in [0.29, 0.717) is 25.1 Å². The van der Waals surface area contributed by atoms with Crippen molar-refractivity contribution < 1.29 is 38.1 Å². The first-order chi connectivity index (χ1) is 17.3. The molecule has 2 rings (SSSR count). The van der Waals surface area contributed by atoms with Crippen LogP contribution in [0.5, 0.6) is 11.5 Å². The van der Waals surface area contributed by atoms with E-state index in [9.17, 15) is 19.2 Å². The molecule has 1 amide bonds. The second-order valence-electron chi connectivity index (χ2n) is 7.93. The molecule has 9 nitrogen and oxygen atoms in total. The van der Waals surface area contributed by atoms with Crippen molar-refractivity contribution in [3.05, 3.63) is 29.8 Å². The summed E-state index contributed by atoms with van der Waals surface area (Å²) in [5.74, 6) is -0.263. The Morgan fingerprint density at radius 2 is 1.81 bits per heavy atom. The number of hydrogen-bond acceptors (Lipinski definition) is 10. The third-order valence-corrected chi connectivity index (χ3v) is 7.84. The van der Waals surface area contributed by atoms with E-state index in [1.807, 2.05) is 21.6 Å². The molecule has 1 saturated heterocycles. The Morgan fingerprint density at radius 1 is 1.03 bits per heavy atom. The van der Waals surface area contributed by atoms with E-state index in [1.54, 1.807) is 6.07 Å². The van der Waals surface area contributed by atoms with Gasteiger partial charge in [-0.3, -0.25) is 14.4 Å². The predicted molar refractivity (Wildman–Crippen MR) is 140 cm³/mol. The van der Waals surface area contributed by atoms with Crippen molar-refractivity contribution in [2.24, 2.45) is 0 Å². The summed E-state index contributed by atoms with van der Waals surface area (Å²) in [6.07, 6.45) is 7.67. The number of hydrogen-bond donors (Lipinski definition) is 1. The molecule has 0 saturated carbocycles. The van der Waals surface area contributed by atoms with Crippen LogP contribution >= 0.6 is 21.6 Å². The summed E-state index contributed by atoms with van der Waals surface area (Å²) in [5, 5.41) is 3.58. The van der Waals surface area contributed by atoms with Gasteiger partial charge in [0.25, 0.3) is 0 Å². The molecule has 1 atom stereocenters. The molecule has 1 aliphatic rings. The zero-order valence-corrected chi connectivity index (χ0v) is 22.3. The smallest absolute Gasteiger partial charge is 0.330 e. The number of carbonyl (C=O) groups is 4. The number of benzene rings is 1. The molecule has 198 valence electrons. The molecular formula is C25H33NO8S2. The standard InChI is InChI=1S/C25H33NO8S2/c1-18(27)33-22-9-7-20(17-23(22)34-19(2)28)8-10-25(30)32-15-14-31-13-12-26-24(29)6-4-3-5-21-11-16-35-36-21/h7-10,17,21H,3-6,11-16H2,1-2H3,(H,26,29)/b10-8+. The molecule has 1 aliphatic heterocycles. The quantitative estimate of drug-likeness (QED) is 0.115. The van der Waals surface area contributed by atoms with Crippen LogP contribution in [-0.2, 0) is 28.7 Å². The first kappa shape index (κ1) is 29.7. The summed E-state index contributed by atoms with van der Waals surface area (Å²) in [4.78, 5) is 46.2. The van der Waals surface area contributed by atoms with Gasteiger partial charge in [-0.05, 0) is 43.0 Å². The van der Waals surface area contributed by atoms with Crippen LogP contribution in [0.3, 0.4) is 0 Å². The van der Waals surface area contributed by atoms with E-state index in [4.69, 9.17) is 18.9 Å². The summed E-state index contributed by atoms with van der Waals surface area (Å²) in [6.45, 7) is 3.49. The number of amides is 1. The molecule has 1 aromatic carbocycles. The maximum atomic E-state index is 11.9. The first-order valence-corrected chi connectivity index (χ1v) is 14.2. The molecular weight excluding hydrogens is 506 g/mol. The van der Waals surface area contributed by atoms with Gasteiger partial charge in [0.2, 0.25) is 5.91 Å². The van der Waals surface area contributed by atoms with Crippen molar-refractivity contribution in [1.82, 2.24) is 5.32 Å². The minimum Gasteiger partial charge on any atom is -0.460 e. The molecule has 1 unspecified atom stereocenters. The number of rotatable bonds is 15. The zero-order valence-electron chi connectivity index (χ0n) is 20.6. The number of unbranched alkanes of at least 4 members (excludes halogenated alkanes) is 1. The number of ether oxygens (including phenoxy) is 4. The molecule has 1 N–H and O–H groups in total. The molecule has 1 fully saturated rings. The molecule has 1 aromatic rings. The topological polar surface area (TPSA) is 117 Å². The zero-order chi connectivity index (χ0) is 26.2. The van der Waals surface area contributed by atoms with Gasteiger partial charge in [0, 0.05) is 43.9 Å². The summed E-state index contributed by atoms with van der Waals surface area (Å²) in [5.41, 5.74) is 0.544. The predicted octanol–water partition coefficient (Wildman–Crippen LogP) is 3.94. The molecule has 1 heterocycles. The Bertz CT molecular complexity index is 915. The van der Waals surface area contributed by atoms with Crippen LogP contribution in [0.15, 0.2) is 24.3 Å². The van der Waals surface area contributed by atoms with Gasteiger partial charge < -0.3 is 24.3 Å². The minimum absolute atomic E-state index is 0.0290. The lowest BCUT2D eigenvalue weighted by atomic mass is 10.1. The molecule has 0 spiro atoms. The van der Waals surface area contributed by atoms with Gasteiger partial charge in [-0.1, -0.05) is 34.1 Å². The Kier molecular flexibility index (Phi) is 14.1. The summed E-state index contributed by atoms with van der Waals surface area (Å²) in [6, 6.07) is 4.53. The van der Waals surface area contributed by atoms with E-state index < -0.39 is 17.9 Å². The summed E-state index contributed by atoms with van der Waals surface area (Å²) < 4.78 is 20.5. The normalized spacial score (nSPS) is 15.0. The van der Waals surface area contributed by atoms with Crippen LogP contribution in [0.2, 0.25) is 0 Å². The monoisotopic (exact) mass is 539 g/mol. The van der Waals surface area contributed by atoms with Gasteiger partial charge in [0.1, 0.15) is 6.61 Å². The molecule has 0 radical (unpaired) electrons. The van der Waals surface area contributed by atoms with Crippen LogP contribution < -0.4 is 14.8 Å². The second kappa shape index (κ2) is 17.0. The fourth-order valence-electron chi connectivity index (χ4n) is 3.19. The number of carbonyl (C=O) groups excluding carboxylic acids is 4. The number of nitrogens with one attached hydrogen (secondary N) is 1. The number of esters is 3. The lowest BCUT2D eigenvalue weighted by Gasteiger charge is -2.09. The van der Waals surface area contributed by atoms with Crippen LogP contribution in [0, 0.1) is 0 Å². The summed E-state index contributed by atoms with van der Waals surface area (Å²) in [7, 11) is 3.91. The van der Waals surface area contributed by atoms with Crippen molar-refractivity contribution in [3.8, 4) is 11.5 Å². The van der Waals surface area contributed by atoms with E-state index in [-0.39, 0.29) is 30.6 Å². The minimum atomic E-state index is -0.573. The van der Waals surface area contributed by atoms with E-state index in [0.717, 1.165) is 18.1 Å². The maximum absolute atomic E-state index is 11.9. The molecule has 0 aromatic heterocycles. The highest BCUT2D eigenvalue weighted by atomic mass is 33.1. The highest BCUT2D eigenvalue weighted by molar-refractivity contribution is 8.77. The van der Waals surface area contributed by atoms with Crippen molar-refractivity contribution in [2.45, 2.75) is 51.2 Å². The van der Waals surface area contributed by atoms with Gasteiger partial charge in [0.05, 0.1) is 13.2 Å². The maximum Gasteiger partial charge on any atom is 0.330 e. The Hall–Kier alpha value is -2.50. The highest BCUT2D eigenvalue weighted by Crippen LogP contribution is 2.39. The van der Waals surface area contributed by atoms with Crippen LogP contribution in [0.1, 0.15) is 51.5 Å². The van der Waals surface area contributed by atoms with Gasteiger partial charge in [-0.15, -0.1) is 0 Å². The second-order valence-corrected chi connectivity index (χ2v) is 10.7. The largest absolute Gasteiger partial charge is 0.460 e. The third-order valence-electron chi connectivity index (χ3n) is 4.83. The summed E-state index contributed by atoms with van der Waals surface area (Å²) >= 11 is 0. The van der Waals surface area contributed by atoms with Crippen molar-refractivity contribution in [3.63, 3.8) is 0 Å². The highest BCUT2D eigenvalue weighted by Gasteiger charge is 2.16. The molecule has 11 heteroatoms. The SMILES string of the molecule is CC(=O)Oc1ccc(/C=C/C(=O)OCCOCCNC(=O)CCCCC2CCSS2)cc1OC(C)=O. The average molecular weight is 540 g/mol. The Labute approximate surface area is 219 Å². The molecule has 36 heavy (non-hydrogen) atoms. The molecule has 0 aliphatic carbocycles. The first-order valence-electron chi connectivity index (χ1n) is 11.8. The fourth-order valence-corrected chi connectivity index (χ4v) is 6.22. The third kappa shape index (κ3) is 13.0. The van der Waals surface area contributed by atoms with E-state index in [1.165, 1.54) is 56.7 Å². The van der Waals surface area contributed by atoms with Crippen molar-refractivity contribution in [2.75, 3.05) is 32.1 Å². The lowest BCUT2D eigenvalue weighted by molar-refractivity contribution is -0.139. The fraction of sp³-hybridized carbons (Fsp3) is 0.520. The van der Waals surface area contributed by atoms with E-state index >= 15 is 0 Å². The van der Waals surface area contributed by atoms with Crippen LogP contribution in [0.25, 0.3) is 6.08 Å². The van der Waals surface area contributed by atoms with Crippen molar-refractivity contribution in [1.29, 1.82) is 0 Å². The Balaban J connectivity index is 1.56. The Morgan fingerprint density at radius 3 is 2.53 bits per heavy atom. The molecule has 0 bridgehead atoms. The van der Waals surface area contributed by atoms with Crippen LogP contribution in [0.4, 0.5) is 0 Å². The van der Waals surface area contributed by atoms with Gasteiger partial charge in [0.15, 0.2) is 11.5 Å². The average Bonchev–Trinajstić information content (AvgIpc) is 3.34.